The van der Waals surface area contributed by atoms with Gasteiger partial charge in [-0.25, -0.2) is 0 Å². The molecule has 1 rings (SSSR count). The van der Waals surface area contributed by atoms with Gasteiger partial charge in [0, 0.05) is 10.6 Å². The van der Waals surface area contributed by atoms with Crippen LogP contribution >= 0.6 is 11.8 Å². The number of benzene rings is 1. The first-order valence-electron chi connectivity index (χ1n) is 4.76. The number of thioether (sulfide) groups is 1. The maximum absolute atomic E-state index is 11.4. The fourth-order valence-electron chi connectivity index (χ4n) is 1.22. The molecule has 0 unspecified atom stereocenters. The van der Waals surface area contributed by atoms with Crippen LogP contribution in [0.15, 0.2) is 23.1 Å². The van der Waals surface area contributed by atoms with Gasteiger partial charge < -0.3 is 10.6 Å². The second-order valence-electron chi connectivity index (χ2n) is 3.26. The first kappa shape index (κ1) is 12.1. The molecule has 0 spiro atoms. The highest BCUT2D eigenvalue weighted by Gasteiger charge is 2.04. The van der Waals surface area contributed by atoms with Gasteiger partial charge in [0.1, 0.15) is 0 Å². The number of nitrogens with one attached hydrogen (secondary N) is 2. The van der Waals surface area contributed by atoms with Gasteiger partial charge >= 0.3 is 0 Å². The number of amides is 1. The summed E-state index contributed by atoms with van der Waals surface area (Å²) in [7, 11) is 1.75. The number of hydrogen-bond acceptors (Lipinski definition) is 3. The van der Waals surface area contributed by atoms with Crippen LogP contribution in [0, 0.1) is 6.92 Å². The molecule has 4 heteroatoms. The topological polar surface area (TPSA) is 41.1 Å². The summed E-state index contributed by atoms with van der Waals surface area (Å²) in [5, 5.41) is 5.69. The summed E-state index contributed by atoms with van der Waals surface area (Å²) in [6.45, 7) is 2.32. The van der Waals surface area contributed by atoms with Crippen molar-refractivity contribution in [3.8, 4) is 0 Å². The van der Waals surface area contributed by atoms with Crippen molar-refractivity contribution in [3.05, 3.63) is 23.8 Å². The lowest BCUT2D eigenvalue weighted by molar-refractivity contribution is -0.115. The van der Waals surface area contributed by atoms with Crippen LogP contribution in [0.2, 0.25) is 0 Å². The van der Waals surface area contributed by atoms with Gasteiger partial charge in [0.15, 0.2) is 0 Å². The van der Waals surface area contributed by atoms with Gasteiger partial charge in [-0.05, 0) is 37.9 Å². The molecule has 0 heterocycles. The summed E-state index contributed by atoms with van der Waals surface area (Å²) in [4.78, 5) is 12.5. The van der Waals surface area contributed by atoms with Crippen molar-refractivity contribution in [3.63, 3.8) is 0 Å². The summed E-state index contributed by atoms with van der Waals surface area (Å²) in [6, 6.07) is 6.06. The number of carbonyl (C=O) groups is 1. The van der Waals surface area contributed by atoms with Crippen LogP contribution in [0.3, 0.4) is 0 Å². The van der Waals surface area contributed by atoms with Gasteiger partial charge in [-0.3, -0.25) is 4.79 Å². The number of anilines is 1. The largest absolute Gasteiger partial charge is 0.325 e. The highest BCUT2D eigenvalue weighted by Crippen LogP contribution is 2.22. The van der Waals surface area contributed by atoms with E-state index in [4.69, 9.17) is 0 Å². The van der Waals surface area contributed by atoms with Crippen LogP contribution in [-0.2, 0) is 4.79 Å². The van der Waals surface area contributed by atoms with E-state index in [1.807, 2.05) is 31.4 Å². The molecule has 3 nitrogen and oxygen atoms in total. The van der Waals surface area contributed by atoms with Crippen LogP contribution < -0.4 is 10.6 Å². The fraction of sp³-hybridized carbons (Fsp3) is 0.364. The molecule has 15 heavy (non-hydrogen) atoms. The minimum absolute atomic E-state index is 0.0150. The van der Waals surface area contributed by atoms with Crippen molar-refractivity contribution in [1.82, 2.24) is 5.32 Å². The molecule has 0 aliphatic heterocycles. The Labute approximate surface area is 94.6 Å². The Kier molecular flexibility index (Phi) is 4.65. The van der Waals surface area contributed by atoms with Crippen LogP contribution in [0.4, 0.5) is 5.69 Å². The highest BCUT2D eigenvalue weighted by molar-refractivity contribution is 7.98. The van der Waals surface area contributed by atoms with E-state index in [1.54, 1.807) is 18.8 Å². The van der Waals surface area contributed by atoms with Crippen molar-refractivity contribution in [2.24, 2.45) is 0 Å². The van der Waals surface area contributed by atoms with Gasteiger partial charge in [-0.2, -0.15) is 0 Å². The Morgan fingerprint density at radius 2 is 2.20 bits per heavy atom. The van der Waals surface area contributed by atoms with Crippen molar-refractivity contribution in [1.29, 1.82) is 0 Å². The van der Waals surface area contributed by atoms with E-state index < -0.39 is 0 Å². The SMILES string of the molecule is CNCC(=O)Nc1cc(SC)ccc1C. The minimum atomic E-state index is -0.0150. The monoisotopic (exact) mass is 224 g/mol. The Morgan fingerprint density at radius 3 is 2.80 bits per heavy atom. The van der Waals surface area contributed by atoms with Crippen LogP contribution in [0.25, 0.3) is 0 Å². The second-order valence-corrected chi connectivity index (χ2v) is 4.14. The molecule has 0 aromatic heterocycles. The molecule has 0 aliphatic rings. The number of rotatable bonds is 4. The molecule has 1 aromatic carbocycles. The first-order chi connectivity index (χ1) is 7.17. The predicted molar refractivity (Wildman–Crippen MR) is 65.5 cm³/mol. The average Bonchev–Trinajstić information content (AvgIpc) is 2.21. The Hall–Kier alpha value is -1.00. The summed E-state index contributed by atoms with van der Waals surface area (Å²) < 4.78 is 0. The summed E-state index contributed by atoms with van der Waals surface area (Å²) in [5.74, 6) is -0.0150. The number of likely N-dealkylation sites (N-methyl/N-ethyl adjacent to an activating group) is 1. The van der Waals surface area contributed by atoms with Gasteiger partial charge in [-0.1, -0.05) is 6.07 Å². The van der Waals surface area contributed by atoms with E-state index >= 15 is 0 Å². The number of carbonyl (C=O) groups excluding carboxylic acids is 1. The molecule has 0 aliphatic carbocycles. The maximum Gasteiger partial charge on any atom is 0.238 e. The van der Waals surface area contributed by atoms with Gasteiger partial charge in [0.2, 0.25) is 5.91 Å². The fourth-order valence-corrected chi connectivity index (χ4v) is 1.66. The first-order valence-corrected chi connectivity index (χ1v) is 5.99. The van der Waals surface area contributed by atoms with Gasteiger partial charge in [-0.15, -0.1) is 11.8 Å². The smallest absolute Gasteiger partial charge is 0.238 e. The van der Waals surface area contributed by atoms with E-state index in [-0.39, 0.29) is 5.91 Å². The van der Waals surface area contributed by atoms with E-state index in [0.29, 0.717) is 6.54 Å². The number of hydrogen-bond donors (Lipinski definition) is 2. The van der Waals surface area contributed by atoms with Crippen molar-refractivity contribution in [2.75, 3.05) is 25.2 Å². The third kappa shape index (κ3) is 3.57. The van der Waals surface area contributed by atoms with Gasteiger partial charge in [0.05, 0.1) is 6.54 Å². The summed E-state index contributed by atoms with van der Waals surface area (Å²) >= 11 is 1.67. The summed E-state index contributed by atoms with van der Waals surface area (Å²) in [6.07, 6.45) is 2.02. The average molecular weight is 224 g/mol. The highest BCUT2D eigenvalue weighted by atomic mass is 32.2. The molecule has 0 atom stereocenters. The van der Waals surface area contributed by atoms with Crippen molar-refractivity contribution < 1.29 is 4.79 Å². The van der Waals surface area contributed by atoms with Crippen molar-refractivity contribution >= 4 is 23.4 Å². The molecule has 1 amide bonds. The summed E-state index contributed by atoms with van der Waals surface area (Å²) in [5.41, 5.74) is 1.97. The Balaban J connectivity index is 2.79. The van der Waals surface area contributed by atoms with Crippen LogP contribution in [0.1, 0.15) is 5.56 Å². The van der Waals surface area contributed by atoms with E-state index in [0.717, 1.165) is 16.1 Å². The third-order valence-electron chi connectivity index (χ3n) is 2.06. The standard InChI is InChI=1S/C11H16N2OS/c1-8-4-5-9(15-3)6-10(8)13-11(14)7-12-2/h4-6,12H,7H2,1-3H3,(H,13,14). The molecule has 0 bridgehead atoms. The van der Waals surface area contributed by atoms with Crippen LogP contribution in [-0.4, -0.2) is 25.8 Å². The third-order valence-corrected chi connectivity index (χ3v) is 2.78. The zero-order chi connectivity index (χ0) is 11.3. The Bertz CT molecular complexity index is 352. The Morgan fingerprint density at radius 1 is 1.47 bits per heavy atom. The lowest BCUT2D eigenvalue weighted by Gasteiger charge is -2.09. The van der Waals surface area contributed by atoms with Crippen molar-refractivity contribution in [2.45, 2.75) is 11.8 Å². The quantitative estimate of drug-likeness (QED) is 0.767. The molecule has 1 aromatic rings. The predicted octanol–water partition coefficient (Wildman–Crippen LogP) is 1.87. The lowest BCUT2D eigenvalue weighted by Crippen LogP contribution is -2.25. The minimum Gasteiger partial charge on any atom is -0.325 e. The van der Waals surface area contributed by atoms with E-state index in [9.17, 15) is 4.79 Å². The normalized spacial score (nSPS) is 10.1. The molecular formula is C11H16N2OS. The lowest BCUT2D eigenvalue weighted by atomic mass is 10.2. The zero-order valence-electron chi connectivity index (χ0n) is 9.26. The zero-order valence-corrected chi connectivity index (χ0v) is 10.1. The molecule has 0 fully saturated rings. The molecule has 0 saturated heterocycles. The molecule has 0 radical (unpaired) electrons. The molecular weight excluding hydrogens is 208 g/mol. The van der Waals surface area contributed by atoms with E-state index in [1.165, 1.54) is 0 Å². The molecule has 82 valence electrons. The van der Waals surface area contributed by atoms with E-state index in [2.05, 4.69) is 10.6 Å². The van der Waals surface area contributed by atoms with Gasteiger partial charge in [0.25, 0.3) is 0 Å². The maximum atomic E-state index is 11.4. The second kappa shape index (κ2) is 5.78. The number of aryl methyl sites for hydroxylation is 1. The molecule has 0 saturated carbocycles. The van der Waals surface area contributed by atoms with Crippen LogP contribution in [0.5, 0.6) is 0 Å². The molecule has 2 N–H and O–H groups in total.